The third-order valence-corrected chi connectivity index (χ3v) is 4.80. The molecule has 27 heavy (non-hydrogen) atoms. The van der Waals surface area contributed by atoms with Gasteiger partial charge in [-0.05, 0) is 40.5 Å². The summed E-state index contributed by atoms with van der Waals surface area (Å²) < 4.78 is 9.83. The van der Waals surface area contributed by atoms with Gasteiger partial charge < -0.3 is 10.1 Å². The first kappa shape index (κ1) is 19.7. The Kier molecular flexibility index (Phi) is 6.76. The van der Waals surface area contributed by atoms with Gasteiger partial charge >= 0.3 is 0 Å². The van der Waals surface area contributed by atoms with Crippen LogP contribution in [0, 0.1) is 0 Å². The molecule has 7 nitrogen and oxygen atoms in total. The zero-order valence-corrected chi connectivity index (χ0v) is 17.2. The Hall–Kier alpha value is -2.03. The van der Waals surface area contributed by atoms with Gasteiger partial charge in [0.05, 0.1) is 15.7 Å². The third-order valence-electron chi connectivity index (χ3n) is 3.59. The summed E-state index contributed by atoms with van der Waals surface area (Å²) in [5, 5.41) is 11.9. The van der Waals surface area contributed by atoms with Crippen molar-refractivity contribution in [1.29, 1.82) is 0 Å². The lowest BCUT2D eigenvalue weighted by Gasteiger charge is -2.08. The van der Waals surface area contributed by atoms with Crippen LogP contribution in [-0.4, -0.2) is 32.0 Å². The van der Waals surface area contributed by atoms with Crippen LogP contribution in [0.1, 0.15) is 16.9 Å². The topological polar surface area (TPSA) is 74.0 Å². The molecule has 0 unspecified atom stereocenters. The Labute approximate surface area is 174 Å². The maximum Gasteiger partial charge on any atom is 0.271 e. The van der Waals surface area contributed by atoms with E-state index in [1.54, 1.807) is 36.7 Å². The van der Waals surface area contributed by atoms with Crippen LogP contribution in [0.4, 0.5) is 0 Å². The number of rotatable bonds is 8. The van der Waals surface area contributed by atoms with Crippen molar-refractivity contribution in [3.63, 3.8) is 0 Å². The van der Waals surface area contributed by atoms with E-state index in [0.29, 0.717) is 34.6 Å². The Bertz CT molecular complexity index is 928. The van der Waals surface area contributed by atoms with Crippen LogP contribution < -0.4 is 10.1 Å². The van der Waals surface area contributed by atoms with E-state index in [2.05, 4.69) is 31.4 Å². The number of aryl methyl sites for hydroxylation is 1. The van der Waals surface area contributed by atoms with Gasteiger partial charge in [-0.25, -0.2) is 4.68 Å². The molecule has 2 aromatic heterocycles. The quantitative estimate of drug-likeness (QED) is 0.502. The van der Waals surface area contributed by atoms with Gasteiger partial charge in [0.15, 0.2) is 6.73 Å². The number of nitrogens with zero attached hydrogens (tertiary/aromatic N) is 4. The highest BCUT2D eigenvalue weighted by Gasteiger charge is 2.10. The summed E-state index contributed by atoms with van der Waals surface area (Å²) in [6.07, 6.45) is 6.03. The van der Waals surface area contributed by atoms with Crippen molar-refractivity contribution in [2.75, 3.05) is 6.54 Å². The molecular formula is C17H16BrCl2N5O2. The number of hydrogen-bond donors (Lipinski definition) is 1. The molecule has 1 N–H and O–H groups in total. The van der Waals surface area contributed by atoms with Crippen LogP contribution in [0.5, 0.6) is 5.75 Å². The molecule has 10 heteroatoms. The molecule has 0 spiro atoms. The fraction of sp³-hybridized carbons (Fsp3) is 0.235. The van der Waals surface area contributed by atoms with Crippen LogP contribution in [0.3, 0.4) is 0 Å². The SMILES string of the molecule is O=C(NCCCn1cc(Br)cn1)c1ccn(COc2cccc(Cl)c2Cl)n1. The monoisotopic (exact) mass is 471 g/mol. The summed E-state index contributed by atoms with van der Waals surface area (Å²) >= 11 is 15.4. The zero-order valence-electron chi connectivity index (χ0n) is 14.1. The fourth-order valence-electron chi connectivity index (χ4n) is 2.28. The average molecular weight is 473 g/mol. The van der Waals surface area contributed by atoms with Gasteiger partial charge in [-0.3, -0.25) is 9.48 Å². The number of aromatic nitrogens is 4. The lowest BCUT2D eigenvalue weighted by atomic mass is 10.3. The maximum absolute atomic E-state index is 12.2. The molecule has 3 rings (SSSR count). The van der Waals surface area contributed by atoms with Gasteiger partial charge in [0, 0.05) is 25.5 Å². The van der Waals surface area contributed by atoms with E-state index in [4.69, 9.17) is 27.9 Å². The van der Waals surface area contributed by atoms with E-state index in [1.807, 2.05) is 10.9 Å². The number of hydrogen-bond acceptors (Lipinski definition) is 4. The molecule has 0 fully saturated rings. The second-order valence-electron chi connectivity index (χ2n) is 5.60. The van der Waals surface area contributed by atoms with Crippen molar-refractivity contribution in [3.8, 4) is 5.75 Å². The highest BCUT2D eigenvalue weighted by molar-refractivity contribution is 9.10. The molecule has 0 bridgehead atoms. The summed E-state index contributed by atoms with van der Waals surface area (Å²) in [5.74, 6) is 0.215. The van der Waals surface area contributed by atoms with Crippen molar-refractivity contribution in [1.82, 2.24) is 24.9 Å². The molecular weight excluding hydrogens is 457 g/mol. The maximum atomic E-state index is 12.2. The average Bonchev–Trinajstić information content (AvgIpc) is 3.29. The minimum Gasteiger partial charge on any atom is -0.470 e. The number of halogens is 3. The molecule has 0 atom stereocenters. The first-order valence-corrected chi connectivity index (χ1v) is 9.64. The number of carbonyl (C=O) groups is 1. The number of nitrogens with one attached hydrogen (secondary N) is 1. The summed E-state index contributed by atoms with van der Waals surface area (Å²) in [6, 6.07) is 6.76. The second kappa shape index (κ2) is 9.25. The first-order chi connectivity index (χ1) is 13.0. The minimum absolute atomic E-state index is 0.113. The van der Waals surface area contributed by atoms with Crippen LogP contribution in [-0.2, 0) is 13.3 Å². The molecule has 3 aromatic rings. The fourth-order valence-corrected chi connectivity index (χ4v) is 2.95. The smallest absolute Gasteiger partial charge is 0.271 e. The van der Waals surface area contributed by atoms with Gasteiger partial charge in [-0.15, -0.1) is 0 Å². The molecule has 2 heterocycles. The Morgan fingerprint density at radius 3 is 2.89 bits per heavy atom. The molecule has 0 saturated carbocycles. The van der Waals surface area contributed by atoms with Gasteiger partial charge in [-0.1, -0.05) is 29.3 Å². The van der Waals surface area contributed by atoms with Gasteiger partial charge in [0.2, 0.25) is 0 Å². The van der Waals surface area contributed by atoms with Crippen molar-refractivity contribution in [2.45, 2.75) is 19.7 Å². The summed E-state index contributed by atoms with van der Waals surface area (Å²) in [4.78, 5) is 12.2. The van der Waals surface area contributed by atoms with E-state index in [9.17, 15) is 4.79 Å². The van der Waals surface area contributed by atoms with Gasteiger partial charge in [-0.2, -0.15) is 10.2 Å². The first-order valence-electron chi connectivity index (χ1n) is 8.09. The van der Waals surface area contributed by atoms with E-state index >= 15 is 0 Å². The van der Waals surface area contributed by atoms with Crippen LogP contribution in [0.2, 0.25) is 10.0 Å². The van der Waals surface area contributed by atoms with Crippen LogP contribution in [0.15, 0.2) is 47.3 Å². The van der Waals surface area contributed by atoms with Crippen LogP contribution >= 0.6 is 39.1 Å². The highest BCUT2D eigenvalue weighted by atomic mass is 79.9. The minimum atomic E-state index is -0.240. The normalized spacial score (nSPS) is 10.8. The molecule has 0 aliphatic heterocycles. The largest absolute Gasteiger partial charge is 0.470 e. The van der Waals surface area contributed by atoms with Crippen molar-refractivity contribution in [3.05, 3.63) is 63.1 Å². The van der Waals surface area contributed by atoms with Crippen molar-refractivity contribution in [2.24, 2.45) is 0 Å². The predicted octanol–water partition coefficient (Wildman–Crippen LogP) is 4.01. The van der Waals surface area contributed by atoms with Gasteiger partial charge in [0.25, 0.3) is 5.91 Å². The summed E-state index contributed by atoms with van der Waals surface area (Å²) in [7, 11) is 0. The Morgan fingerprint density at radius 2 is 2.11 bits per heavy atom. The second-order valence-corrected chi connectivity index (χ2v) is 7.30. The zero-order chi connectivity index (χ0) is 19.2. The van der Waals surface area contributed by atoms with E-state index in [-0.39, 0.29) is 12.6 Å². The summed E-state index contributed by atoms with van der Waals surface area (Å²) in [5.41, 5.74) is 0.317. The number of ether oxygens (including phenoxy) is 1. The lowest BCUT2D eigenvalue weighted by Crippen LogP contribution is -2.26. The number of carbonyl (C=O) groups excluding carboxylic acids is 1. The molecule has 0 aliphatic carbocycles. The summed E-state index contributed by atoms with van der Waals surface area (Å²) in [6.45, 7) is 1.36. The molecule has 1 amide bonds. The molecule has 0 aliphatic rings. The highest BCUT2D eigenvalue weighted by Crippen LogP contribution is 2.31. The van der Waals surface area contributed by atoms with E-state index in [0.717, 1.165) is 10.9 Å². The molecule has 0 saturated heterocycles. The van der Waals surface area contributed by atoms with Crippen molar-refractivity contribution < 1.29 is 9.53 Å². The Balaban J connectivity index is 1.45. The number of amides is 1. The molecule has 1 aromatic carbocycles. The predicted molar refractivity (Wildman–Crippen MR) is 106 cm³/mol. The molecule has 0 radical (unpaired) electrons. The van der Waals surface area contributed by atoms with E-state index in [1.165, 1.54) is 4.68 Å². The Morgan fingerprint density at radius 1 is 1.26 bits per heavy atom. The molecule has 142 valence electrons. The van der Waals surface area contributed by atoms with Gasteiger partial charge in [0.1, 0.15) is 16.5 Å². The standard InChI is InChI=1S/C17H16BrCl2N5O2/c18-12-9-22-24(10-12)7-2-6-21-17(26)14-5-8-25(23-14)11-27-15-4-1-3-13(19)16(15)20/h1,3-5,8-10H,2,6-7,11H2,(H,21,26). The lowest BCUT2D eigenvalue weighted by molar-refractivity contribution is 0.0945. The van der Waals surface area contributed by atoms with Crippen molar-refractivity contribution >= 4 is 45.0 Å². The third kappa shape index (κ3) is 5.47. The number of benzene rings is 1. The van der Waals surface area contributed by atoms with Crippen LogP contribution in [0.25, 0.3) is 0 Å². The van der Waals surface area contributed by atoms with E-state index < -0.39 is 0 Å².